The Morgan fingerprint density at radius 3 is 2.81 bits per heavy atom. The van der Waals surface area contributed by atoms with Gasteiger partial charge in [-0.25, -0.2) is 0 Å². The zero-order valence-electron chi connectivity index (χ0n) is 9.66. The van der Waals surface area contributed by atoms with Crippen LogP contribution in [-0.2, 0) is 0 Å². The summed E-state index contributed by atoms with van der Waals surface area (Å²) in [6.45, 7) is 3.12. The van der Waals surface area contributed by atoms with E-state index in [9.17, 15) is 0 Å². The number of nitriles is 1. The Morgan fingerprint density at radius 1 is 1.31 bits per heavy atom. The largest absolute Gasteiger partial charge is 0.396 e. The number of aliphatic hydroxyl groups excluding tert-OH is 1. The second-order valence-electron chi connectivity index (χ2n) is 3.87. The molecule has 0 bridgehead atoms. The first-order valence-corrected chi connectivity index (χ1v) is 5.63. The maximum absolute atomic E-state index is 8.93. The van der Waals surface area contributed by atoms with Gasteiger partial charge in [-0.3, -0.25) is 0 Å². The fourth-order valence-electron chi connectivity index (χ4n) is 1.54. The highest BCUT2D eigenvalue weighted by atomic mass is 16.2. The van der Waals surface area contributed by atoms with Crippen LogP contribution < -0.4 is 5.32 Å². The maximum atomic E-state index is 8.93. The normalized spacial score (nSPS) is 9.81. The number of aryl methyl sites for hydroxylation is 1. The van der Waals surface area contributed by atoms with E-state index in [2.05, 4.69) is 11.4 Å². The smallest absolute Gasteiger partial charge is 0.101 e. The topological polar surface area (TPSA) is 56.0 Å². The number of hydrogen-bond donors (Lipinski definition) is 2. The zero-order valence-corrected chi connectivity index (χ0v) is 9.66. The minimum Gasteiger partial charge on any atom is -0.396 e. The van der Waals surface area contributed by atoms with Crippen molar-refractivity contribution in [2.75, 3.05) is 18.5 Å². The highest BCUT2D eigenvalue weighted by molar-refractivity contribution is 5.58. The molecule has 0 heterocycles. The lowest BCUT2D eigenvalue weighted by molar-refractivity contribution is 0.283. The molecule has 0 unspecified atom stereocenters. The van der Waals surface area contributed by atoms with Gasteiger partial charge in [-0.05, 0) is 43.9 Å². The van der Waals surface area contributed by atoms with Gasteiger partial charge < -0.3 is 10.4 Å². The third-order valence-electron chi connectivity index (χ3n) is 2.45. The van der Waals surface area contributed by atoms with Gasteiger partial charge in [0, 0.05) is 13.2 Å². The van der Waals surface area contributed by atoms with E-state index in [0.29, 0.717) is 5.56 Å². The van der Waals surface area contributed by atoms with Gasteiger partial charge >= 0.3 is 0 Å². The number of hydrogen-bond acceptors (Lipinski definition) is 3. The number of unbranched alkanes of at least 4 members (excludes halogenated alkanes) is 2. The van der Waals surface area contributed by atoms with Crippen molar-refractivity contribution in [1.29, 1.82) is 5.26 Å². The Labute approximate surface area is 96.7 Å². The van der Waals surface area contributed by atoms with Gasteiger partial charge in [0.25, 0.3) is 0 Å². The summed E-state index contributed by atoms with van der Waals surface area (Å²) in [5, 5.41) is 20.8. The van der Waals surface area contributed by atoms with Crippen molar-refractivity contribution in [3.63, 3.8) is 0 Å². The Balaban J connectivity index is 2.46. The summed E-state index contributed by atoms with van der Waals surface area (Å²) >= 11 is 0. The average molecular weight is 218 g/mol. The Kier molecular flexibility index (Phi) is 5.38. The number of rotatable bonds is 6. The quantitative estimate of drug-likeness (QED) is 0.721. The standard InChI is InChI=1S/C13H18N2O/c1-11-5-6-12(10-14)13(9-11)15-7-3-2-4-8-16/h5-6,9,15-16H,2-4,7-8H2,1H3. The molecule has 0 radical (unpaired) electrons. The van der Waals surface area contributed by atoms with Gasteiger partial charge in [0.15, 0.2) is 0 Å². The molecule has 0 saturated heterocycles. The second-order valence-corrected chi connectivity index (χ2v) is 3.87. The SMILES string of the molecule is Cc1ccc(C#N)c(NCCCCCO)c1. The van der Waals surface area contributed by atoms with Crippen molar-refractivity contribution in [3.8, 4) is 6.07 Å². The van der Waals surface area contributed by atoms with E-state index in [1.807, 2.05) is 25.1 Å². The molecule has 0 spiro atoms. The molecule has 0 atom stereocenters. The predicted molar refractivity (Wildman–Crippen MR) is 65.3 cm³/mol. The van der Waals surface area contributed by atoms with Crippen molar-refractivity contribution in [3.05, 3.63) is 29.3 Å². The highest BCUT2D eigenvalue weighted by Crippen LogP contribution is 2.16. The molecule has 3 nitrogen and oxygen atoms in total. The lowest BCUT2D eigenvalue weighted by Gasteiger charge is -2.08. The van der Waals surface area contributed by atoms with Gasteiger partial charge in [0.2, 0.25) is 0 Å². The lowest BCUT2D eigenvalue weighted by Crippen LogP contribution is -2.03. The first kappa shape index (κ1) is 12.5. The van der Waals surface area contributed by atoms with Gasteiger partial charge in [0.1, 0.15) is 6.07 Å². The first-order chi connectivity index (χ1) is 7.77. The number of nitrogens with one attached hydrogen (secondary N) is 1. The van der Waals surface area contributed by atoms with Crippen LogP contribution in [0.5, 0.6) is 0 Å². The van der Waals surface area contributed by atoms with Crippen molar-refractivity contribution < 1.29 is 5.11 Å². The predicted octanol–water partition coefficient (Wildman–Crippen LogP) is 2.44. The second kappa shape index (κ2) is 6.86. The molecule has 0 aliphatic rings. The Hall–Kier alpha value is -1.53. The fourth-order valence-corrected chi connectivity index (χ4v) is 1.54. The number of benzene rings is 1. The van der Waals surface area contributed by atoms with Crippen LogP contribution in [0.15, 0.2) is 18.2 Å². The molecular weight excluding hydrogens is 200 g/mol. The Bertz CT molecular complexity index is 369. The van der Waals surface area contributed by atoms with Crippen molar-refractivity contribution >= 4 is 5.69 Å². The van der Waals surface area contributed by atoms with Gasteiger partial charge in [-0.2, -0.15) is 5.26 Å². The molecule has 1 aromatic carbocycles. The van der Waals surface area contributed by atoms with E-state index in [1.165, 1.54) is 0 Å². The molecule has 1 rings (SSSR count). The molecule has 2 N–H and O–H groups in total. The van der Waals surface area contributed by atoms with Crippen molar-refractivity contribution in [2.45, 2.75) is 26.2 Å². The average Bonchev–Trinajstić information content (AvgIpc) is 2.29. The molecule has 3 heteroatoms. The van der Waals surface area contributed by atoms with E-state index in [1.54, 1.807) is 0 Å². The van der Waals surface area contributed by atoms with E-state index < -0.39 is 0 Å². The molecule has 86 valence electrons. The summed E-state index contributed by atoms with van der Waals surface area (Å²) in [6, 6.07) is 7.94. The van der Waals surface area contributed by atoms with Crippen LogP contribution in [0.1, 0.15) is 30.4 Å². The van der Waals surface area contributed by atoms with Gasteiger partial charge in [0.05, 0.1) is 11.3 Å². The summed E-state index contributed by atoms with van der Waals surface area (Å²) in [6.07, 6.45) is 2.87. The number of nitrogens with zero attached hydrogens (tertiary/aromatic N) is 1. The van der Waals surface area contributed by atoms with Crippen molar-refractivity contribution in [2.24, 2.45) is 0 Å². The van der Waals surface area contributed by atoms with Gasteiger partial charge in [-0.1, -0.05) is 6.07 Å². The van der Waals surface area contributed by atoms with Crippen LogP contribution >= 0.6 is 0 Å². The van der Waals surface area contributed by atoms with E-state index in [0.717, 1.165) is 37.1 Å². The van der Waals surface area contributed by atoms with E-state index in [4.69, 9.17) is 10.4 Å². The lowest BCUT2D eigenvalue weighted by atomic mass is 10.1. The van der Waals surface area contributed by atoms with Crippen LogP contribution in [-0.4, -0.2) is 18.3 Å². The molecule has 0 fully saturated rings. The summed E-state index contributed by atoms with van der Waals surface area (Å²) in [4.78, 5) is 0. The zero-order chi connectivity index (χ0) is 11.8. The third-order valence-corrected chi connectivity index (χ3v) is 2.45. The summed E-state index contributed by atoms with van der Waals surface area (Å²) < 4.78 is 0. The van der Waals surface area contributed by atoms with Crippen LogP contribution in [0.4, 0.5) is 5.69 Å². The number of anilines is 1. The van der Waals surface area contributed by atoms with Crippen LogP contribution in [0.3, 0.4) is 0 Å². The monoisotopic (exact) mass is 218 g/mol. The van der Waals surface area contributed by atoms with Crippen molar-refractivity contribution in [1.82, 2.24) is 0 Å². The fraction of sp³-hybridized carbons (Fsp3) is 0.462. The minimum absolute atomic E-state index is 0.258. The molecular formula is C13H18N2O. The summed E-state index contributed by atoms with van der Waals surface area (Å²) in [7, 11) is 0. The molecule has 0 aromatic heterocycles. The van der Waals surface area contributed by atoms with Crippen LogP contribution in [0, 0.1) is 18.3 Å². The Morgan fingerprint density at radius 2 is 2.12 bits per heavy atom. The summed E-state index contributed by atoms with van der Waals surface area (Å²) in [5.41, 5.74) is 2.75. The molecule has 1 aromatic rings. The molecule has 0 saturated carbocycles. The molecule has 16 heavy (non-hydrogen) atoms. The number of aliphatic hydroxyl groups is 1. The molecule has 0 amide bonds. The minimum atomic E-state index is 0.258. The van der Waals surface area contributed by atoms with E-state index in [-0.39, 0.29) is 6.61 Å². The first-order valence-electron chi connectivity index (χ1n) is 5.63. The van der Waals surface area contributed by atoms with Crippen LogP contribution in [0.25, 0.3) is 0 Å². The molecule has 0 aliphatic carbocycles. The van der Waals surface area contributed by atoms with E-state index >= 15 is 0 Å². The van der Waals surface area contributed by atoms with Gasteiger partial charge in [-0.15, -0.1) is 0 Å². The van der Waals surface area contributed by atoms with Crippen LogP contribution in [0.2, 0.25) is 0 Å². The molecule has 0 aliphatic heterocycles. The maximum Gasteiger partial charge on any atom is 0.101 e. The summed E-state index contributed by atoms with van der Waals surface area (Å²) in [5.74, 6) is 0. The third kappa shape index (κ3) is 3.92. The highest BCUT2D eigenvalue weighted by Gasteiger charge is 2.00.